The van der Waals surface area contributed by atoms with Crippen molar-refractivity contribution in [3.05, 3.63) is 0 Å². The largest absolute Gasteiger partial charge is 0.346 e. The van der Waals surface area contributed by atoms with Crippen molar-refractivity contribution in [3.63, 3.8) is 0 Å². The molecule has 1 aliphatic heterocycles. The number of amides is 2. The number of carbonyl (C=O) groups excluding carboxylic acids is 2. The highest BCUT2D eigenvalue weighted by Gasteiger charge is 2.17. The summed E-state index contributed by atoms with van der Waals surface area (Å²) in [6.45, 7) is 7.16. The Kier molecular flexibility index (Phi) is 7.54. The minimum Gasteiger partial charge on any atom is -0.346 e. The number of nitrogens with zero attached hydrogens (tertiary/aromatic N) is 3. The zero-order chi connectivity index (χ0) is 15.0. The molecule has 116 valence electrons. The molecule has 2 amide bonds. The quantitative estimate of drug-likeness (QED) is 0.729. The first kappa shape index (κ1) is 16.9. The van der Waals surface area contributed by atoms with Gasteiger partial charge in [-0.3, -0.25) is 9.59 Å². The molecule has 20 heavy (non-hydrogen) atoms. The molecule has 0 atom stereocenters. The third kappa shape index (κ3) is 5.88. The molecular formula is C14H28N4O2. The van der Waals surface area contributed by atoms with E-state index in [1.54, 1.807) is 11.8 Å². The molecule has 0 aromatic carbocycles. The Morgan fingerprint density at radius 3 is 2.60 bits per heavy atom. The Morgan fingerprint density at radius 2 is 1.95 bits per heavy atom. The van der Waals surface area contributed by atoms with Gasteiger partial charge >= 0.3 is 0 Å². The minimum atomic E-state index is 0.143. The van der Waals surface area contributed by atoms with Gasteiger partial charge in [0, 0.05) is 53.1 Å². The van der Waals surface area contributed by atoms with E-state index in [2.05, 4.69) is 4.90 Å². The second-order valence-corrected chi connectivity index (χ2v) is 5.41. The molecule has 1 rings (SSSR count). The van der Waals surface area contributed by atoms with Crippen LogP contribution in [0.4, 0.5) is 0 Å². The van der Waals surface area contributed by atoms with Crippen LogP contribution in [0.15, 0.2) is 0 Å². The fourth-order valence-corrected chi connectivity index (χ4v) is 2.41. The SMILES string of the molecule is CC(=O)N1CCCN(CCC(=O)N(C)CCCN)CC1. The lowest BCUT2D eigenvalue weighted by atomic mass is 10.3. The molecule has 1 heterocycles. The van der Waals surface area contributed by atoms with E-state index in [9.17, 15) is 9.59 Å². The van der Waals surface area contributed by atoms with Gasteiger partial charge in [0.05, 0.1) is 0 Å². The van der Waals surface area contributed by atoms with Gasteiger partial charge in [0.25, 0.3) is 0 Å². The molecule has 0 aliphatic carbocycles. The molecule has 0 aromatic heterocycles. The van der Waals surface area contributed by atoms with E-state index in [4.69, 9.17) is 5.73 Å². The average Bonchev–Trinajstić information content (AvgIpc) is 2.67. The molecule has 6 heteroatoms. The van der Waals surface area contributed by atoms with Crippen LogP contribution in [0, 0.1) is 0 Å². The van der Waals surface area contributed by atoms with E-state index in [1.165, 1.54) is 0 Å². The predicted molar refractivity (Wildman–Crippen MR) is 79.2 cm³/mol. The zero-order valence-corrected chi connectivity index (χ0v) is 12.8. The summed E-state index contributed by atoms with van der Waals surface area (Å²) >= 11 is 0. The minimum absolute atomic E-state index is 0.143. The van der Waals surface area contributed by atoms with E-state index in [1.807, 2.05) is 11.9 Å². The monoisotopic (exact) mass is 284 g/mol. The second-order valence-electron chi connectivity index (χ2n) is 5.41. The molecule has 0 bridgehead atoms. The first-order chi connectivity index (χ1) is 9.54. The molecular weight excluding hydrogens is 256 g/mol. The van der Waals surface area contributed by atoms with Gasteiger partial charge in [-0.2, -0.15) is 0 Å². The number of rotatable bonds is 6. The summed E-state index contributed by atoms with van der Waals surface area (Å²) in [4.78, 5) is 29.2. The Labute approximate surface area is 121 Å². The molecule has 6 nitrogen and oxygen atoms in total. The summed E-state index contributed by atoms with van der Waals surface area (Å²) in [5.74, 6) is 0.315. The maximum absolute atomic E-state index is 11.9. The fraction of sp³-hybridized carbons (Fsp3) is 0.857. The van der Waals surface area contributed by atoms with Crippen LogP contribution in [-0.2, 0) is 9.59 Å². The molecule has 2 N–H and O–H groups in total. The van der Waals surface area contributed by atoms with Gasteiger partial charge in [-0.1, -0.05) is 0 Å². The van der Waals surface area contributed by atoms with Crippen molar-refractivity contribution in [1.29, 1.82) is 0 Å². The second kappa shape index (κ2) is 8.92. The number of carbonyl (C=O) groups is 2. The van der Waals surface area contributed by atoms with Crippen LogP contribution in [0.1, 0.15) is 26.2 Å². The van der Waals surface area contributed by atoms with Gasteiger partial charge in [-0.25, -0.2) is 0 Å². The third-order valence-corrected chi connectivity index (χ3v) is 3.80. The van der Waals surface area contributed by atoms with Crippen LogP contribution >= 0.6 is 0 Å². The van der Waals surface area contributed by atoms with E-state index in [0.717, 1.165) is 52.1 Å². The average molecular weight is 284 g/mol. The van der Waals surface area contributed by atoms with Crippen LogP contribution in [0.3, 0.4) is 0 Å². The van der Waals surface area contributed by atoms with Crippen molar-refractivity contribution in [1.82, 2.24) is 14.7 Å². The highest BCUT2D eigenvalue weighted by Crippen LogP contribution is 2.05. The predicted octanol–water partition coefficient (Wildman–Crippen LogP) is -0.262. The number of hydrogen-bond donors (Lipinski definition) is 1. The molecule has 0 unspecified atom stereocenters. The topological polar surface area (TPSA) is 69.9 Å². The first-order valence-electron chi connectivity index (χ1n) is 7.46. The van der Waals surface area contributed by atoms with Crippen LogP contribution < -0.4 is 5.73 Å². The van der Waals surface area contributed by atoms with Crippen LogP contribution in [0.2, 0.25) is 0 Å². The van der Waals surface area contributed by atoms with Crippen molar-refractivity contribution in [2.75, 3.05) is 52.9 Å². The Morgan fingerprint density at radius 1 is 1.20 bits per heavy atom. The Balaban J connectivity index is 2.27. The molecule has 0 spiro atoms. The maximum Gasteiger partial charge on any atom is 0.223 e. The van der Waals surface area contributed by atoms with E-state index >= 15 is 0 Å². The lowest BCUT2D eigenvalue weighted by Crippen LogP contribution is -2.36. The fourth-order valence-electron chi connectivity index (χ4n) is 2.41. The normalized spacial score (nSPS) is 16.9. The van der Waals surface area contributed by atoms with Crippen LogP contribution in [-0.4, -0.2) is 79.4 Å². The van der Waals surface area contributed by atoms with Crippen molar-refractivity contribution in [3.8, 4) is 0 Å². The van der Waals surface area contributed by atoms with E-state index in [-0.39, 0.29) is 11.8 Å². The number of nitrogens with two attached hydrogens (primary N) is 1. The van der Waals surface area contributed by atoms with Crippen molar-refractivity contribution >= 4 is 11.8 Å². The van der Waals surface area contributed by atoms with Gasteiger partial charge in [0.2, 0.25) is 11.8 Å². The van der Waals surface area contributed by atoms with Gasteiger partial charge in [0.15, 0.2) is 0 Å². The first-order valence-corrected chi connectivity index (χ1v) is 7.46. The summed E-state index contributed by atoms with van der Waals surface area (Å²) in [5, 5.41) is 0. The smallest absolute Gasteiger partial charge is 0.223 e. The summed E-state index contributed by atoms with van der Waals surface area (Å²) in [6.07, 6.45) is 2.37. The number of hydrogen-bond acceptors (Lipinski definition) is 4. The highest BCUT2D eigenvalue weighted by atomic mass is 16.2. The summed E-state index contributed by atoms with van der Waals surface area (Å²) < 4.78 is 0. The van der Waals surface area contributed by atoms with Gasteiger partial charge in [0.1, 0.15) is 0 Å². The van der Waals surface area contributed by atoms with Gasteiger partial charge in [-0.15, -0.1) is 0 Å². The molecule has 1 saturated heterocycles. The standard InChI is InChI=1S/C14H28N4O2/c1-13(19)18-9-4-8-17(11-12-18)10-5-14(20)16(2)7-3-6-15/h3-12,15H2,1-2H3. The molecule has 0 aromatic rings. The third-order valence-electron chi connectivity index (χ3n) is 3.80. The molecule has 1 fully saturated rings. The Hall–Kier alpha value is -1.14. The van der Waals surface area contributed by atoms with Gasteiger partial charge in [-0.05, 0) is 25.9 Å². The van der Waals surface area contributed by atoms with E-state index < -0.39 is 0 Å². The lowest BCUT2D eigenvalue weighted by molar-refractivity contribution is -0.130. The van der Waals surface area contributed by atoms with Crippen molar-refractivity contribution < 1.29 is 9.59 Å². The molecule has 0 radical (unpaired) electrons. The lowest BCUT2D eigenvalue weighted by Gasteiger charge is -2.22. The van der Waals surface area contributed by atoms with Crippen LogP contribution in [0.25, 0.3) is 0 Å². The molecule has 0 saturated carbocycles. The summed E-state index contributed by atoms with van der Waals surface area (Å²) in [5.41, 5.74) is 5.44. The highest BCUT2D eigenvalue weighted by molar-refractivity contribution is 5.76. The van der Waals surface area contributed by atoms with Crippen LogP contribution in [0.5, 0.6) is 0 Å². The summed E-state index contributed by atoms with van der Waals surface area (Å²) in [7, 11) is 1.83. The van der Waals surface area contributed by atoms with E-state index in [0.29, 0.717) is 13.0 Å². The summed E-state index contributed by atoms with van der Waals surface area (Å²) in [6, 6.07) is 0. The molecule has 1 aliphatic rings. The zero-order valence-electron chi connectivity index (χ0n) is 12.8. The van der Waals surface area contributed by atoms with Gasteiger partial charge < -0.3 is 20.4 Å². The Bertz CT molecular complexity index is 322. The van der Waals surface area contributed by atoms with Crippen molar-refractivity contribution in [2.24, 2.45) is 5.73 Å². The van der Waals surface area contributed by atoms with Crippen molar-refractivity contribution in [2.45, 2.75) is 26.2 Å². The maximum atomic E-state index is 11.9.